The Morgan fingerprint density at radius 2 is 1.86 bits per heavy atom. The number of rotatable bonds is 2. The van der Waals surface area contributed by atoms with Crippen LogP contribution in [0.3, 0.4) is 0 Å². The topological polar surface area (TPSA) is 67.2 Å². The monoisotopic (exact) mass is 300 g/mol. The third kappa shape index (κ3) is 2.93. The number of carbonyl (C=O) groups is 1. The first kappa shape index (κ1) is 14.5. The van der Waals surface area contributed by atoms with Crippen LogP contribution in [-0.4, -0.2) is 56.7 Å². The second-order valence-electron chi connectivity index (χ2n) is 5.57. The Morgan fingerprint density at radius 3 is 2.45 bits per heavy atom. The van der Waals surface area contributed by atoms with Crippen molar-refractivity contribution < 1.29 is 4.79 Å². The maximum absolute atomic E-state index is 12.4. The van der Waals surface area contributed by atoms with Crippen LogP contribution in [0.15, 0.2) is 18.3 Å². The van der Waals surface area contributed by atoms with Crippen molar-refractivity contribution in [1.82, 2.24) is 24.6 Å². The third-order valence-electron chi connectivity index (χ3n) is 3.78. The van der Waals surface area contributed by atoms with Gasteiger partial charge in [-0.15, -0.1) is 0 Å². The number of hydrogen-bond donors (Lipinski definition) is 0. The summed E-state index contributed by atoms with van der Waals surface area (Å²) in [5.74, 6) is 1.72. The molecule has 1 fully saturated rings. The van der Waals surface area contributed by atoms with E-state index in [0.717, 1.165) is 30.4 Å². The van der Waals surface area contributed by atoms with Gasteiger partial charge in [0.2, 0.25) is 0 Å². The van der Waals surface area contributed by atoms with Gasteiger partial charge in [0.25, 0.3) is 5.91 Å². The smallest absolute Gasteiger partial charge is 0.274 e. The van der Waals surface area contributed by atoms with Crippen LogP contribution in [0.25, 0.3) is 0 Å². The average Bonchev–Trinajstić information content (AvgIpc) is 2.92. The lowest BCUT2D eigenvalue weighted by molar-refractivity contribution is 0.0739. The summed E-state index contributed by atoms with van der Waals surface area (Å²) in [6, 6.07) is 3.75. The molecule has 2 aromatic heterocycles. The normalized spacial score (nSPS) is 15.2. The van der Waals surface area contributed by atoms with Crippen molar-refractivity contribution in [3.8, 4) is 0 Å². The maximum Gasteiger partial charge on any atom is 0.274 e. The van der Waals surface area contributed by atoms with Gasteiger partial charge in [-0.05, 0) is 19.9 Å². The SMILES string of the molecule is Cc1cc(N2CCN(C(=O)c3ccn(C)n3)CC2)nc(C)n1. The summed E-state index contributed by atoms with van der Waals surface area (Å²) in [6.45, 7) is 6.77. The second kappa shape index (κ2) is 5.75. The zero-order valence-electron chi connectivity index (χ0n) is 13.2. The quantitative estimate of drug-likeness (QED) is 0.820. The second-order valence-corrected chi connectivity index (χ2v) is 5.57. The molecule has 0 radical (unpaired) electrons. The van der Waals surface area contributed by atoms with Gasteiger partial charge in [-0.1, -0.05) is 0 Å². The molecule has 0 aromatic carbocycles. The van der Waals surface area contributed by atoms with Crippen LogP contribution in [0, 0.1) is 13.8 Å². The highest BCUT2D eigenvalue weighted by Crippen LogP contribution is 2.16. The highest BCUT2D eigenvalue weighted by atomic mass is 16.2. The first-order valence-corrected chi connectivity index (χ1v) is 7.39. The fourth-order valence-corrected chi connectivity index (χ4v) is 2.69. The predicted molar refractivity (Wildman–Crippen MR) is 82.8 cm³/mol. The molecule has 1 saturated heterocycles. The number of hydrogen-bond acceptors (Lipinski definition) is 5. The van der Waals surface area contributed by atoms with E-state index >= 15 is 0 Å². The van der Waals surface area contributed by atoms with Gasteiger partial charge < -0.3 is 9.80 Å². The van der Waals surface area contributed by atoms with Crippen molar-refractivity contribution in [2.24, 2.45) is 7.05 Å². The summed E-state index contributed by atoms with van der Waals surface area (Å²) in [4.78, 5) is 25.2. The number of aryl methyl sites for hydroxylation is 3. The maximum atomic E-state index is 12.4. The number of piperazine rings is 1. The van der Waals surface area contributed by atoms with Crippen LogP contribution in [0.5, 0.6) is 0 Å². The molecule has 3 heterocycles. The Hall–Kier alpha value is -2.44. The van der Waals surface area contributed by atoms with E-state index in [-0.39, 0.29) is 5.91 Å². The van der Waals surface area contributed by atoms with Gasteiger partial charge >= 0.3 is 0 Å². The van der Waals surface area contributed by atoms with E-state index in [2.05, 4.69) is 20.0 Å². The van der Waals surface area contributed by atoms with Crippen molar-refractivity contribution in [2.45, 2.75) is 13.8 Å². The summed E-state index contributed by atoms with van der Waals surface area (Å²) in [5, 5.41) is 4.18. The molecule has 0 atom stereocenters. The number of aromatic nitrogens is 4. The zero-order valence-corrected chi connectivity index (χ0v) is 13.2. The molecule has 1 aliphatic heterocycles. The number of anilines is 1. The van der Waals surface area contributed by atoms with Crippen molar-refractivity contribution >= 4 is 11.7 Å². The fraction of sp³-hybridized carbons (Fsp3) is 0.467. The van der Waals surface area contributed by atoms with Gasteiger partial charge in [0, 0.05) is 51.2 Å². The summed E-state index contributed by atoms with van der Waals surface area (Å²) in [6.07, 6.45) is 1.79. The number of carbonyl (C=O) groups excluding carboxylic acids is 1. The van der Waals surface area contributed by atoms with E-state index in [4.69, 9.17) is 0 Å². The van der Waals surface area contributed by atoms with E-state index in [0.29, 0.717) is 18.8 Å². The molecule has 0 bridgehead atoms. The van der Waals surface area contributed by atoms with Crippen LogP contribution in [0.2, 0.25) is 0 Å². The van der Waals surface area contributed by atoms with E-state index in [1.165, 1.54) is 0 Å². The summed E-state index contributed by atoms with van der Waals surface area (Å²) in [7, 11) is 1.81. The summed E-state index contributed by atoms with van der Waals surface area (Å²) >= 11 is 0. The molecular formula is C15H20N6O. The van der Waals surface area contributed by atoms with Crippen molar-refractivity contribution in [3.05, 3.63) is 35.5 Å². The highest BCUT2D eigenvalue weighted by molar-refractivity contribution is 5.92. The van der Waals surface area contributed by atoms with Crippen LogP contribution >= 0.6 is 0 Å². The first-order chi connectivity index (χ1) is 10.5. The van der Waals surface area contributed by atoms with Gasteiger partial charge in [-0.2, -0.15) is 5.10 Å². The van der Waals surface area contributed by atoms with E-state index in [1.54, 1.807) is 16.9 Å². The average molecular weight is 300 g/mol. The highest BCUT2D eigenvalue weighted by Gasteiger charge is 2.24. The molecule has 22 heavy (non-hydrogen) atoms. The lowest BCUT2D eigenvalue weighted by atomic mass is 10.2. The number of nitrogens with zero attached hydrogens (tertiary/aromatic N) is 6. The molecule has 3 rings (SSSR count). The Kier molecular flexibility index (Phi) is 3.79. The van der Waals surface area contributed by atoms with Crippen molar-refractivity contribution in [3.63, 3.8) is 0 Å². The molecular weight excluding hydrogens is 280 g/mol. The van der Waals surface area contributed by atoms with Crippen LogP contribution in [-0.2, 0) is 7.05 Å². The molecule has 0 unspecified atom stereocenters. The molecule has 7 nitrogen and oxygen atoms in total. The minimum absolute atomic E-state index is 0.00435. The molecule has 1 amide bonds. The molecule has 0 spiro atoms. The predicted octanol–water partition coefficient (Wildman–Crippen LogP) is 0.789. The van der Waals surface area contributed by atoms with Crippen LogP contribution in [0.4, 0.5) is 5.82 Å². The summed E-state index contributed by atoms with van der Waals surface area (Å²) < 4.78 is 1.65. The molecule has 116 valence electrons. The Morgan fingerprint density at radius 1 is 1.14 bits per heavy atom. The third-order valence-corrected chi connectivity index (χ3v) is 3.78. The minimum Gasteiger partial charge on any atom is -0.353 e. The zero-order chi connectivity index (χ0) is 15.7. The van der Waals surface area contributed by atoms with Gasteiger partial charge in [0.05, 0.1) is 0 Å². The first-order valence-electron chi connectivity index (χ1n) is 7.39. The molecule has 1 aliphatic rings. The van der Waals surface area contributed by atoms with Crippen LogP contribution in [0.1, 0.15) is 22.0 Å². The van der Waals surface area contributed by atoms with Crippen molar-refractivity contribution in [2.75, 3.05) is 31.1 Å². The Labute approximate surface area is 129 Å². The van der Waals surface area contributed by atoms with Crippen molar-refractivity contribution in [1.29, 1.82) is 0 Å². The van der Waals surface area contributed by atoms with E-state index in [1.807, 2.05) is 31.9 Å². The largest absolute Gasteiger partial charge is 0.353 e. The van der Waals surface area contributed by atoms with Gasteiger partial charge in [-0.3, -0.25) is 9.48 Å². The van der Waals surface area contributed by atoms with E-state index < -0.39 is 0 Å². The Bertz CT molecular complexity index is 667. The van der Waals surface area contributed by atoms with Gasteiger partial charge in [0.1, 0.15) is 17.3 Å². The minimum atomic E-state index is -0.00435. The fourth-order valence-electron chi connectivity index (χ4n) is 2.69. The molecule has 2 aromatic rings. The number of amides is 1. The van der Waals surface area contributed by atoms with E-state index in [9.17, 15) is 4.79 Å². The van der Waals surface area contributed by atoms with Crippen LogP contribution < -0.4 is 4.90 Å². The molecule has 0 saturated carbocycles. The van der Waals surface area contributed by atoms with Gasteiger partial charge in [-0.25, -0.2) is 9.97 Å². The Balaban J connectivity index is 1.66. The summed E-state index contributed by atoms with van der Waals surface area (Å²) in [5.41, 5.74) is 1.47. The lowest BCUT2D eigenvalue weighted by Crippen LogP contribution is -2.49. The molecule has 7 heteroatoms. The molecule has 0 aliphatic carbocycles. The lowest BCUT2D eigenvalue weighted by Gasteiger charge is -2.35. The molecule has 0 N–H and O–H groups in total. The van der Waals surface area contributed by atoms with Gasteiger partial charge in [0.15, 0.2) is 0 Å². The standard InChI is InChI=1S/C15H20N6O/c1-11-10-14(17-12(2)16-11)20-6-8-21(9-7-20)15(22)13-4-5-19(3)18-13/h4-5,10H,6-9H2,1-3H3.